The second-order valence-corrected chi connectivity index (χ2v) is 10.3. The summed E-state index contributed by atoms with van der Waals surface area (Å²) in [7, 11) is 1.59. The molecule has 0 bridgehead atoms. The minimum atomic E-state index is -4.40. The lowest BCUT2D eigenvalue weighted by Gasteiger charge is -2.38. The number of aromatic nitrogens is 1. The van der Waals surface area contributed by atoms with E-state index in [2.05, 4.69) is 15.4 Å². The number of benzene rings is 4. The number of hydrogen-bond donors (Lipinski definition) is 1. The molecule has 1 N–H and O–H groups in total. The van der Waals surface area contributed by atoms with E-state index in [0.717, 1.165) is 17.4 Å². The van der Waals surface area contributed by atoms with E-state index in [0.29, 0.717) is 76.7 Å². The van der Waals surface area contributed by atoms with Crippen molar-refractivity contribution in [3.63, 3.8) is 0 Å². The van der Waals surface area contributed by atoms with Crippen molar-refractivity contribution in [2.75, 3.05) is 48.4 Å². The quantitative estimate of drug-likeness (QED) is 0.236. The Bertz CT molecular complexity index is 1840. The fraction of sp³-hybridized carbons (Fsp3) is 0.188. The number of fused-ring (bicyclic) bond motifs is 2. The van der Waals surface area contributed by atoms with Crippen molar-refractivity contribution in [1.29, 1.82) is 0 Å². The molecule has 4 aromatic carbocycles. The number of rotatable bonds is 5. The minimum absolute atomic E-state index is 0.127. The van der Waals surface area contributed by atoms with E-state index < -0.39 is 11.7 Å². The molecule has 42 heavy (non-hydrogen) atoms. The van der Waals surface area contributed by atoms with Gasteiger partial charge in [0.2, 0.25) is 0 Å². The zero-order valence-corrected chi connectivity index (χ0v) is 22.5. The molecule has 2 heterocycles. The maximum Gasteiger partial charge on any atom is 0.416 e. The van der Waals surface area contributed by atoms with Crippen molar-refractivity contribution in [3.05, 3.63) is 95.6 Å². The lowest BCUT2D eigenvalue weighted by molar-refractivity contribution is -0.137. The lowest BCUT2D eigenvalue weighted by Crippen LogP contribution is -2.46. The highest BCUT2D eigenvalue weighted by molar-refractivity contribution is 6.28. The summed E-state index contributed by atoms with van der Waals surface area (Å²) in [6.07, 6.45) is -4.40. The van der Waals surface area contributed by atoms with Crippen LogP contribution in [0.15, 0.2) is 83.4 Å². The number of carbonyl (C=O) groups is 1. The number of piperazine rings is 1. The molecule has 1 aliphatic heterocycles. The highest BCUT2D eigenvalue weighted by Gasteiger charge is 2.35. The van der Waals surface area contributed by atoms with E-state index in [4.69, 9.17) is 9.26 Å². The van der Waals surface area contributed by atoms with Gasteiger partial charge in [0.1, 0.15) is 11.3 Å². The first kappa shape index (κ1) is 25.9. The van der Waals surface area contributed by atoms with Crippen molar-refractivity contribution in [3.8, 4) is 17.1 Å². The molecule has 0 amide bonds. The van der Waals surface area contributed by atoms with Crippen LogP contribution >= 0.6 is 0 Å². The van der Waals surface area contributed by atoms with E-state index in [-0.39, 0.29) is 5.78 Å². The van der Waals surface area contributed by atoms with E-state index in [1.165, 1.54) is 12.1 Å². The monoisotopic (exact) mass is 570 g/mol. The Morgan fingerprint density at radius 3 is 2.38 bits per heavy atom. The van der Waals surface area contributed by atoms with Crippen LogP contribution in [0.1, 0.15) is 21.5 Å². The highest BCUT2D eigenvalue weighted by Crippen LogP contribution is 2.46. The van der Waals surface area contributed by atoms with Gasteiger partial charge in [-0.2, -0.15) is 13.2 Å². The van der Waals surface area contributed by atoms with Crippen LogP contribution in [0.3, 0.4) is 0 Å². The van der Waals surface area contributed by atoms with Crippen LogP contribution in [0.2, 0.25) is 0 Å². The number of nitrogens with one attached hydrogen (secondary N) is 1. The van der Waals surface area contributed by atoms with Gasteiger partial charge < -0.3 is 24.4 Å². The van der Waals surface area contributed by atoms with Gasteiger partial charge in [-0.15, -0.1) is 0 Å². The number of anilines is 4. The number of ketones is 1. The first-order chi connectivity index (χ1) is 20.3. The molecule has 0 radical (unpaired) electrons. The van der Waals surface area contributed by atoms with Crippen LogP contribution in [-0.4, -0.2) is 44.2 Å². The molecule has 7 nitrogen and oxygen atoms in total. The molecule has 5 aromatic rings. The molecule has 0 unspecified atom stereocenters. The Balaban J connectivity index is 1.29. The van der Waals surface area contributed by atoms with Crippen molar-refractivity contribution in [1.82, 2.24) is 5.16 Å². The molecule has 1 saturated heterocycles. The maximum absolute atomic E-state index is 13.9. The Kier molecular flexibility index (Phi) is 6.07. The third-order valence-electron chi connectivity index (χ3n) is 7.89. The molecule has 212 valence electrons. The summed E-state index contributed by atoms with van der Waals surface area (Å²) in [6.45, 7) is 2.09. The van der Waals surface area contributed by atoms with Crippen LogP contribution in [0.5, 0.6) is 5.75 Å². The predicted molar refractivity (Wildman–Crippen MR) is 155 cm³/mol. The van der Waals surface area contributed by atoms with Crippen molar-refractivity contribution < 1.29 is 27.2 Å². The molecule has 1 aliphatic carbocycles. The number of methoxy groups -OCH3 is 1. The average Bonchev–Trinajstić information content (AvgIpc) is 3.45. The van der Waals surface area contributed by atoms with Crippen LogP contribution < -0.4 is 19.9 Å². The summed E-state index contributed by atoms with van der Waals surface area (Å²) in [5.41, 5.74) is 4.29. The highest BCUT2D eigenvalue weighted by atomic mass is 19.4. The van der Waals surface area contributed by atoms with E-state index in [1.807, 2.05) is 53.4 Å². The molecule has 0 atom stereocenters. The Morgan fingerprint density at radius 2 is 1.62 bits per heavy atom. The second kappa shape index (κ2) is 9.83. The Labute approximate surface area is 239 Å². The minimum Gasteiger partial charge on any atom is -0.497 e. The normalized spacial score (nSPS) is 14.7. The number of nitrogens with zero attached hydrogens (tertiary/aromatic N) is 3. The molecule has 1 aromatic heterocycles. The van der Waals surface area contributed by atoms with Gasteiger partial charge in [0.05, 0.1) is 35.0 Å². The summed E-state index contributed by atoms with van der Waals surface area (Å²) in [4.78, 5) is 18.0. The van der Waals surface area contributed by atoms with Crippen molar-refractivity contribution in [2.45, 2.75) is 6.18 Å². The lowest BCUT2D eigenvalue weighted by atomic mass is 9.86. The fourth-order valence-corrected chi connectivity index (χ4v) is 5.82. The van der Waals surface area contributed by atoms with Gasteiger partial charge in [0, 0.05) is 54.7 Å². The Morgan fingerprint density at radius 1 is 0.881 bits per heavy atom. The van der Waals surface area contributed by atoms with Crippen LogP contribution in [0.4, 0.5) is 35.9 Å². The van der Waals surface area contributed by atoms with Crippen LogP contribution in [-0.2, 0) is 6.18 Å². The summed E-state index contributed by atoms with van der Waals surface area (Å²) in [5, 5.41) is 8.50. The molecular weight excluding hydrogens is 545 g/mol. The number of alkyl halides is 3. The van der Waals surface area contributed by atoms with Gasteiger partial charge in [0.25, 0.3) is 0 Å². The number of ether oxygens (including phenoxy) is 1. The number of halogens is 3. The van der Waals surface area contributed by atoms with Gasteiger partial charge >= 0.3 is 6.18 Å². The summed E-state index contributed by atoms with van der Waals surface area (Å²) in [6, 6.07) is 22.1. The van der Waals surface area contributed by atoms with Gasteiger partial charge in [-0.3, -0.25) is 4.79 Å². The van der Waals surface area contributed by atoms with Gasteiger partial charge in [0.15, 0.2) is 11.5 Å². The van der Waals surface area contributed by atoms with E-state index in [9.17, 15) is 18.0 Å². The average molecular weight is 571 g/mol. The topological polar surface area (TPSA) is 70.8 Å². The molecular formula is C32H25F3N4O3. The smallest absolute Gasteiger partial charge is 0.416 e. The zero-order chi connectivity index (χ0) is 29.0. The molecule has 2 aliphatic rings. The first-order valence-electron chi connectivity index (χ1n) is 13.5. The molecule has 1 fully saturated rings. The SMILES string of the molecule is COc1cccc(Nc2cc(N3CCN(c4cccc(C(F)(F)F)c4)CC3)c3noc4c3c2C(=O)c2ccccc2-4)c1. The van der Waals surface area contributed by atoms with Crippen LogP contribution in [0, 0.1) is 0 Å². The van der Waals surface area contributed by atoms with Gasteiger partial charge in [-0.25, -0.2) is 0 Å². The molecule has 0 spiro atoms. The van der Waals surface area contributed by atoms with Gasteiger partial charge in [-0.05, 0) is 36.4 Å². The molecule has 7 rings (SSSR count). The fourth-order valence-electron chi connectivity index (χ4n) is 5.82. The van der Waals surface area contributed by atoms with Crippen molar-refractivity contribution >= 4 is 39.4 Å². The third kappa shape index (κ3) is 4.30. The number of hydrogen-bond acceptors (Lipinski definition) is 7. The second-order valence-electron chi connectivity index (χ2n) is 10.3. The Hall–Kier alpha value is -4.99. The van der Waals surface area contributed by atoms with Crippen molar-refractivity contribution in [2.24, 2.45) is 0 Å². The maximum atomic E-state index is 13.9. The number of carbonyl (C=O) groups excluding carboxylic acids is 1. The van der Waals surface area contributed by atoms with Gasteiger partial charge in [-0.1, -0.05) is 41.6 Å². The molecule has 10 heteroatoms. The third-order valence-corrected chi connectivity index (χ3v) is 7.89. The predicted octanol–water partition coefficient (Wildman–Crippen LogP) is 7.14. The van der Waals surface area contributed by atoms with E-state index in [1.54, 1.807) is 19.2 Å². The van der Waals surface area contributed by atoms with Crippen LogP contribution in [0.25, 0.3) is 22.2 Å². The summed E-state index contributed by atoms with van der Waals surface area (Å²) >= 11 is 0. The summed E-state index contributed by atoms with van der Waals surface area (Å²) < 4.78 is 51.2. The largest absolute Gasteiger partial charge is 0.497 e. The summed E-state index contributed by atoms with van der Waals surface area (Å²) in [5.74, 6) is 1.08. The molecule has 0 saturated carbocycles. The first-order valence-corrected chi connectivity index (χ1v) is 13.5. The van der Waals surface area contributed by atoms with E-state index >= 15 is 0 Å². The standard InChI is InChI=1S/C32H25F3N4O3/c1-41-22-9-5-7-20(17-22)36-25-18-26(29-28-27(25)30(40)23-10-2-3-11-24(23)31(28)42-37-29)39-14-12-38(13-15-39)21-8-4-6-19(16-21)32(33,34)35/h2-11,16-18,36H,12-15H2,1H3. The zero-order valence-electron chi connectivity index (χ0n) is 22.5.